The Balaban J connectivity index is 2.55. The van der Waals surface area contributed by atoms with Gasteiger partial charge in [-0.2, -0.15) is 4.98 Å². The lowest BCUT2D eigenvalue weighted by atomic mass is 10.0. The zero-order valence-corrected chi connectivity index (χ0v) is 10.8. The summed E-state index contributed by atoms with van der Waals surface area (Å²) in [5.74, 6) is 1.09. The van der Waals surface area contributed by atoms with E-state index in [-0.39, 0.29) is 11.9 Å². The SMILES string of the molecule is CC(C)c1oc(N)nc1-c1cccc(Br)c1. The van der Waals surface area contributed by atoms with E-state index >= 15 is 0 Å². The van der Waals surface area contributed by atoms with Crippen LogP contribution in [0.3, 0.4) is 0 Å². The van der Waals surface area contributed by atoms with Gasteiger partial charge in [-0.25, -0.2) is 0 Å². The molecule has 0 unspecified atom stereocenters. The highest BCUT2D eigenvalue weighted by Crippen LogP contribution is 2.31. The van der Waals surface area contributed by atoms with Gasteiger partial charge in [-0.1, -0.05) is 41.9 Å². The molecule has 4 heteroatoms. The van der Waals surface area contributed by atoms with E-state index in [1.54, 1.807) is 0 Å². The molecule has 1 aromatic carbocycles. The zero-order valence-electron chi connectivity index (χ0n) is 9.20. The van der Waals surface area contributed by atoms with Crippen molar-refractivity contribution in [3.05, 3.63) is 34.5 Å². The van der Waals surface area contributed by atoms with Crippen molar-refractivity contribution >= 4 is 21.9 Å². The van der Waals surface area contributed by atoms with Crippen LogP contribution >= 0.6 is 15.9 Å². The first-order valence-electron chi connectivity index (χ1n) is 5.10. The number of nitrogen functional groups attached to an aromatic ring is 1. The third-order valence-electron chi connectivity index (χ3n) is 2.29. The van der Waals surface area contributed by atoms with Gasteiger partial charge < -0.3 is 10.2 Å². The molecule has 0 saturated carbocycles. The molecule has 0 radical (unpaired) electrons. The molecular weight excluding hydrogens is 268 g/mol. The molecule has 2 rings (SSSR count). The largest absolute Gasteiger partial charge is 0.428 e. The standard InChI is InChI=1S/C12H13BrN2O/c1-7(2)11-10(15-12(14)16-11)8-4-3-5-9(13)6-8/h3-7H,1-2H3,(H2,14,15). The second kappa shape index (κ2) is 4.29. The summed E-state index contributed by atoms with van der Waals surface area (Å²) in [4.78, 5) is 4.23. The molecule has 0 aliphatic rings. The summed E-state index contributed by atoms with van der Waals surface area (Å²) in [5.41, 5.74) is 7.44. The van der Waals surface area contributed by atoms with Crippen molar-refractivity contribution in [3.8, 4) is 11.3 Å². The highest BCUT2D eigenvalue weighted by molar-refractivity contribution is 9.10. The van der Waals surface area contributed by atoms with E-state index in [0.717, 1.165) is 21.5 Å². The minimum atomic E-state index is 0.221. The van der Waals surface area contributed by atoms with Gasteiger partial charge in [0.1, 0.15) is 11.5 Å². The molecule has 84 valence electrons. The quantitative estimate of drug-likeness (QED) is 0.910. The number of anilines is 1. The van der Waals surface area contributed by atoms with Crippen LogP contribution in [0.5, 0.6) is 0 Å². The van der Waals surface area contributed by atoms with E-state index in [2.05, 4.69) is 34.8 Å². The summed E-state index contributed by atoms with van der Waals surface area (Å²) in [7, 11) is 0. The fourth-order valence-corrected chi connectivity index (χ4v) is 1.98. The first-order valence-corrected chi connectivity index (χ1v) is 5.89. The molecule has 0 saturated heterocycles. The highest BCUT2D eigenvalue weighted by Gasteiger charge is 2.16. The average molecular weight is 281 g/mol. The van der Waals surface area contributed by atoms with Crippen LogP contribution in [0.4, 0.5) is 6.01 Å². The Labute approximate surface area is 103 Å². The normalized spacial score (nSPS) is 11.0. The maximum absolute atomic E-state index is 5.60. The number of aromatic nitrogens is 1. The van der Waals surface area contributed by atoms with Crippen molar-refractivity contribution in [2.45, 2.75) is 19.8 Å². The minimum absolute atomic E-state index is 0.221. The van der Waals surface area contributed by atoms with Crippen LogP contribution in [0.15, 0.2) is 33.2 Å². The van der Waals surface area contributed by atoms with Crippen molar-refractivity contribution in [2.75, 3.05) is 5.73 Å². The lowest BCUT2D eigenvalue weighted by Crippen LogP contribution is -1.89. The molecule has 0 fully saturated rings. The second-order valence-electron chi connectivity index (χ2n) is 3.93. The maximum atomic E-state index is 5.60. The van der Waals surface area contributed by atoms with E-state index < -0.39 is 0 Å². The predicted molar refractivity (Wildman–Crippen MR) is 68.1 cm³/mol. The summed E-state index contributed by atoms with van der Waals surface area (Å²) >= 11 is 3.44. The molecular formula is C12H13BrN2O. The van der Waals surface area contributed by atoms with Gasteiger partial charge in [0.25, 0.3) is 6.01 Å². The van der Waals surface area contributed by atoms with Gasteiger partial charge >= 0.3 is 0 Å². The molecule has 0 aliphatic carbocycles. The fraction of sp³-hybridized carbons (Fsp3) is 0.250. The molecule has 0 aliphatic heterocycles. The summed E-state index contributed by atoms with van der Waals surface area (Å²) in [6, 6.07) is 8.16. The van der Waals surface area contributed by atoms with Gasteiger partial charge in [0, 0.05) is 16.0 Å². The molecule has 3 nitrogen and oxygen atoms in total. The van der Waals surface area contributed by atoms with E-state index in [1.807, 2.05) is 24.3 Å². The van der Waals surface area contributed by atoms with Crippen molar-refractivity contribution in [1.82, 2.24) is 4.98 Å². The highest BCUT2D eigenvalue weighted by atomic mass is 79.9. The predicted octanol–water partition coefficient (Wildman–Crippen LogP) is 3.81. The zero-order chi connectivity index (χ0) is 11.7. The summed E-state index contributed by atoms with van der Waals surface area (Å²) in [6.07, 6.45) is 0. The number of nitrogens with zero attached hydrogens (tertiary/aromatic N) is 1. The van der Waals surface area contributed by atoms with Crippen molar-refractivity contribution in [2.24, 2.45) is 0 Å². The van der Waals surface area contributed by atoms with Crippen LogP contribution in [0.25, 0.3) is 11.3 Å². The first kappa shape index (κ1) is 11.2. The second-order valence-corrected chi connectivity index (χ2v) is 4.85. The molecule has 2 N–H and O–H groups in total. The number of benzene rings is 1. The van der Waals surface area contributed by atoms with Crippen molar-refractivity contribution in [3.63, 3.8) is 0 Å². The average Bonchev–Trinajstić information content (AvgIpc) is 2.60. The maximum Gasteiger partial charge on any atom is 0.292 e. The molecule has 0 atom stereocenters. The molecule has 1 heterocycles. The van der Waals surface area contributed by atoms with E-state index in [0.29, 0.717) is 0 Å². The summed E-state index contributed by atoms with van der Waals surface area (Å²) in [6.45, 7) is 4.11. The van der Waals surface area contributed by atoms with Crippen molar-refractivity contribution in [1.29, 1.82) is 0 Å². The number of rotatable bonds is 2. The topological polar surface area (TPSA) is 52.0 Å². The van der Waals surface area contributed by atoms with Crippen LogP contribution in [0, 0.1) is 0 Å². The number of halogens is 1. The Kier molecular flexibility index (Phi) is 3.01. The molecule has 0 bridgehead atoms. The Morgan fingerprint density at radius 1 is 1.38 bits per heavy atom. The summed E-state index contributed by atoms with van der Waals surface area (Å²) < 4.78 is 6.44. The van der Waals surface area contributed by atoms with E-state index in [9.17, 15) is 0 Å². The number of hydrogen-bond donors (Lipinski definition) is 1. The monoisotopic (exact) mass is 280 g/mol. The first-order chi connectivity index (χ1) is 7.58. The Bertz CT molecular complexity index is 505. The molecule has 1 aromatic heterocycles. The molecule has 16 heavy (non-hydrogen) atoms. The lowest BCUT2D eigenvalue weighted by molar-refractivity contribution is 0.500. The molecule has 2 aromatic rings. The van der Waals surface area contributed by atoms with Crippen molar-refractivity contribution < 1.29 is 4.42 Å². The summed E-state index contributed by atoms with van der Waals surface area (Å²) in [5, 5.41) is 0. The molecule has 0 amide bonds. The van der Waals surface area contributed by atoms with Gasteiger partial charge in [0.2, 0.25) is 0 Å². The van der Waals surface area contributed by atoms with Crippen LogP contribution in [0.2, 0.25) is 0 Å². The number of hydrogen-bond acceptors (Lipinski definition) is 3. The van der Waals surface area contributed by atoms with Crippen LogP contribution in [0.1, 0.15) is 25.5 Å². The van der Waals surface area contributed by atoms with Crippen LogP contribution in [-0.2, 0) is 0 Å². The van der Waals surface area contributed by atoms with Gasteiger partial charge in [-0.3, -0.25) is 0 Å². The minimum Gasteiger partial charge on any atom is -0.428 e. The van der Waals surface area contributed by atoms with Crippen LogP contribution in [-0.4, -0.2) is 4.98 Å². The molecule has 0 spiro atoms. The Hall–Kier alpha value is -1.29. The van der Waals surface area contributed by atoms with Crippen LogP contribution < -0.4 is 5.73 Å². The Morgan fingerprint density at radius 3 is 2.75 bits per heavy atom. The fourth-order valence-electron chi connectivity index (χ4n) is 1.58. The van der Waals surface area contributed by atoms with Gasteiger partial charge in [0.15, 0.2) is 0 Å². The van der Waals surface area contributed by atoms with Gasteiger partial charge in [-0.05, 0) is 12.1 Å². The van der Waals surface area contributed by atoms with E-state index in [4.69, 9.17) is 10.2 Å². The lowest BCUT2D eigenvalue weighted by Gasteiger charge is -2.03. The Morgan fingerprint density at radius 2 is 2.12 bits per heavy atom. The van der Waals surface area contributed by atoms with Gasteiger partial charge in [-0.15, -0.1) is 0 Å². The third-order valence-corrected chi connectivity index (χ3v) is 2.79. The third kappa shape index (κ3) is 2.11. The van der Waals surface area contributed by atoms with E-state index in [1.165, 1.54) is 0 Å². The number of oxazole rings is 1. The smallest absolute Gasteiger partial charge is 0.292 e. The number of nitrogens with two attached hydrogens (primary N) is 1. The van der Waals surface area contributed by atoms with Gasteiger partial charge in [0.05, 0.1) is 0 Å².